The lowest BCUT2D eigenvalue weighted by Gasteiger charge is -2.10. The Morgan fingerprint density at radius 3 is 0.838 bits per heavy atom. The smallest absolute Gasteiger partial charge is 0.205 e. The van der Waals surface area contributed by atoms with Gasteiger partial charge in [-0.05, 0) is 91.0 Å². The van der Waals surface area contributed by atoms with Gasteiger partial charge in [-0.15, -0.1) is 0 Å². The monoisotopic (exact) mass is 1620 g/mol. The van der Waals surface area contributed by atoms with Crippen LogP contribution in [-0.2, 0) is 0 Å². The van der Waals surface area contributed by atoms with Crippen LogP contribution in [-0.4, -0.2) is 203 Å². The van der Waals surface area contributed by atoms with Gasteiger partial charge in [-0.3, -0.25) is 28.8 Å². The van der Waals surface area contributed by atoms with Gasteiger partial charge in [0, 0.05) is 36.4 Å². The molecule has 606 valence electrons. The number of carbonyl (C=O) groups is 6. The lowest BCUT2D eigenvalue weighted by Crippen LogP contribution is -2.03. The van der Waals surface area contributed by atoms with Crippen LogP contribution >= 0.6 is 0 Å². The molecule has 0 aromatic heterocycles. The van der Waals surface area contributed by atoms with E-state index in [-0.39, 0.29) is 45.1 Å². The summed E-state index contributed by atoms with van der Waals surface area (Å²) in [6.07, 6.45) is 0. The number of ketones is 6. The molecule has 0 saturated heterocycles. The minimum atomic E-state index is -1.00. The van der Waals surface area contributed by atoms with Crippen molar-refractivity contribution in [2.45, 2.75) is 0 Å². The third-order valence-corrected chi connectivity index (χ3v) is 15.9. The predicted molar refractivity (Wildman–Crippen MR) is 393 cm³/mol. The van der Waals surface area contributed by atoms with Crippen molar-refractivity contribution in [1.82, 2.24) is 0 Å². The molecule has 12 rings (SSSR count). The van der Waals surface area contributed by atoms with Crippen LogP contribution in [0.1, 0.15) is 95.5 Å². The van der Waals surface area contributed by atoms with Gasteiger partial charge < -0.3 is 169 Å². The minimum Gasteiger partial charge on any atom is -0.508 e. The van der Waals surface area contributed by atoms with Crippen molar-refractivity contribution < 1.29 is 197 Å². The molecule has 117 heavy (non-hydrogen) atoms. The van der Waals surface area contributed by atoms with Crippen molar-refractivity contribution >= 4 is 34.7 Å². The summed E-state index contributed by atoms with van der Waals surface area (Å²) in [7, 11) is 0. The fourth-order valence-corrected chi connectivity index (χ4v) is 9.96. The Labute approximate surface area is 649 Å². The quantitative estimate of drug-likeness (QED) is 0.0315. The van der Waals surface area contributed by atoms with E-state index in [4.69, 9.17) is 25.5 Å². The highest BCUT2D eigenvalue weighted by Crippen LogP contribution is 2.49. The Morgan fingerprint density at radius 2 is 0.402 bits per heavy atom. The molecule has 0 radical (unpaired) electrons. The average Bonchev–Trinajstić information content (AvgIpc) is 0.808. The molecule has 0 atom stereocenters. The Balaban J connectivity index is 0.000000194. The number of hydrogen-bond acceptors (Lipinski definition) is 39. The fourth-order valence-electron chi connectivity index (χ4n) is 9.96. The summed E-state index contributed by atoms with van der Waals surface area (Å²) in [5.41, 5.74) is -4.81. The third kappa shape index (κ3) is 18.4. The summed E-state index contributed by atoms with van der Waals surface area (Å²) in [5, 5.41) is 311. The number of hydrogen-bond donors (Lipinski definition) is 33. The zero-order valence-corrected chi connectivity index (χ0v) is 58.3. The van der Waals surface area contributed by atoms with Gasteiger partial charge in [0.05, 0.1) is 50.1 Å². The second-order valence-electron chi connectivity index (χ2n) is 23.6. The Hall–Kier alpha value is -17.9. The molecular formula is C78H60O39. The number of phenols is 33. The molecule has 0 unspecified atom stereocenters. The van der Waals surface area contributed by atoms with Gasteiger partial charge in [-0.25, -0.2) is 0 Å². The lowest BCUT2D eigenvalue weighted by atomic mass is 9.99. The highest BCUT2D eigenvalue weighted by atomic mass is 16.4. The second-order valence-corrected chi connectivity index (χ2v) is 23.6. The number of benzene rings is 12. The van der Waals surface area contributed by atoms with Gasteiger partial charge >= 0.3 is 0 Å². The van der Waals surface area contributed by atoms with Crippen molar-refractivity contribution in [3.8, 4) is 190 Å². The molecule has 0 aliphatic heterocycles. The molecule has 0 aliphatic rings. The van der Waals surface area contributed by atoms with Crippen molar-refractivity contribution in [2.75, 3.05) is 0 Å². The van der Waals surface area contributed by atoms with E-state index in [1.165, 1.54) is 72.8 Å². The van der Waals surface area contributed by atoms with Crippen LogP contribution in [0.5, 0.6) is 190 Å². The first kappa shape index (κ1) is 86.3. The number of rotatable bonds is 12. The van der Waals surface area contributed by atoms with Gasteiger partial charge in [0.25, 0.3) is 0 Å². The molecule has 12 aromatic rings. The minimum absolute atomic E-state index is 0.109. The Kier molecular flexibility index (Phi) is 25.9. The second kappa shape index (κ2) is 35.2. The van der Waals surface area contributed by atoms with Crippen LogP contribution < -0.4 is 0 Å². The standard InChI is InChI=1S/3C13H10O7.3C13H10O6/c14-5-3-7(11(18)9(16)4-5)10(17)6-1-2-8(15)13(20)12(6)19;14-5-3-8(16)10(9(17)4-5)11(18)6-1-2-7(15)13(20)12(6)19;14-7-2-1-5(12(19)13(7)20)11(18)6-3-9(16)10(17)4-8(6)15;14-8-4-2-1-3-6(8)10(16)7-5-9(15)12(18)13(19)11(7)17;14-7-4-2-1-3-6(7)11(17)10-12(18)8(15)5-9(16)13(10)19;14-7-4-2-1-3-6(7)11(17)10-8(15)5-9(16)12(18)13(10)19/h1-4,14-16,18-20H;2*1-4,14-17,19-20H;1-5,14-15,17-19H;2*1-5,14-16,18-19H. The number of aromatic hydroxyl groups is 33. The van der Waals surface area contributed by atoms with E-state index in [1.54, 1.807) is 0 Å². The van der Waals surface area contributed by atoms with E-state index >= 15 is 0 Å². The first-order valence-corrected chi connectivity index (χ1v) is 31.8. The molecule has 12 aromatic carbocycles. The predicted octanol–water partition coefficient (Wildman–Crippen LogP) is 7.79. The van der Waals surface area contributed by atoms with Gasteiger partial charge in [0.1, 0.15) is 68.4 Å². The Morgan fingerprint density at radius 1 is 0.137 bits per heavy atom. The maximum Gasteiger partial charge on any atom is 0.205 e. The maximum absolute atomic E-state index is 12.1. The van der Waals surface area contributed by atoms with Crippen LogP contribution in [0.3, 0.4) is 0 Å². The van der Waals surface area contributed by atoms with Crippen LogP contribution in [0.4, 0.5) is 0 Å². The van der Waals surface area contributed by atoms with Crippen LogP contribution in [0.2, 0.25) is 0 Å². The number of para-hydroxylation sites is 3. The first-order valence-electron chi connectivity index (χ1n) is 31.8. The molecule has 33 N–H and O–H groups in total. The summed E-state index contributed by atoms with van der Waals surface area (Å²) in [5.74, 6) is -29.4. The van der Waals surface area contributed by atoms with Crippen LogP contribution in [0, 0.1) is 0 Å². The summed E-state index contributed by atoms with van der Waals surface area (Å²) < 4.78 is 0. The van der Waals surface area contributed by atoms with Crippen molar-refractivity contribution in [3.63, 3.8) is 0 Å². The van der Waals surface area contributed by atoms with Crippen molar-refractivity contribution in [1.29, 1.82) is 0 Å². The molecule has 0 spiro atoms. The van der Waals surface area contributed by atoms with E-state index < -0.39 is 246 Å². The highest BCUT2D eigenvalue weighted by molar-refractivity contribution is 6.18. The molecule has 39 heteroatoms. The first-order chi connectivity index (χ1) is 54.8. The number of carbonyl (C=O) groups excluding carboxylic acids is 6. The molecule has 0 amide bonds. The number of phenolic OH excluding ortho intramolecular Hbond substituents is 33. The molecule has 0 aliphatic carbocycles. The summed E-state index contributed by atoms with van der Waals surface area (Å²) in [6, 6.07) is 29.9. The summed E-state index contributed by atoms with van der Waals surface area (Å²) in [4.78, 5) is 72.7. The van der Waals surface area contributed by atoms with Crippen molar-refractivity contribution in [2.24, 2.45) is 0 Å². The lowest BCUT2D eigenvalue weighted by molar-refractivity contribution is 0.102. The fraction of sp³-hybridized carbons (Fsp3) is 0. The van der Waals surface area contributed by atoms with Gasteiger partial charge in [-0.2, -0.15) is 0 Å². The molecule has 39 nitrogen and oxygen atoms in total. The van der Waals surface area contributed by atoms with Gasteiger partial charge in [0.15, 0.2) is 103 Å². The summed E-state index contributed by atoms with van der Waals surface area (Å²) in [6.45, 7) is 0. The largest absolute Gasteiger partial charge is 0.508 e. The molecule has 0 bridgehead atoms. The maximum atomic E-state index is 12.1. The summed E-state index contributed by atoms with van der Waals surface area (Å²) >= 11 is 0. The van der Waals surface area contributed by atoms with Crippen LogP contribution in [0.25, 0.3) is 0 Å². The third-order valence-electron chi connectivity index (χ3n) is 15.9. The van der Waals surface area contributed by atoms with E-state index in [0.29, 0.717) is 6.07 Å². The molecule has 0 fully saturated rings. The van der Waals surface area contributed by atoms with Crippen LogP contribution in [0.15, 0.2) is 164 Å². The van der Waals surface area contributed by atoms with E-state index in [9.17, 15) is 172 Å². The van der Waals surface area contributed by atoms with Gasteiger partial charge in [0.2, 0.25) is 69.2 Å². The molecule has 0 saturated carbocycles. The zero-order chi connectivity index (χ0) is 87.5. The zero-order valence-electron chi connectivity index (χ0n) is 58.3. The van der Waals surface area contributed by atoms with Crippen molar-refractivity contribution in [3.05, 3.63) is 231 Å². The molecule has 0 heterocycles. The topological polar surface area (TPSA) is 770 Å². The SMILES string of the molecule is O=C(c1cc(O)c(O)cc1O)c1ccc(O)c(O)c1O.O=C(c1cc(O)cc(O)c1O)c1ccc(O)c(O)c1O.O=C(c1ccc(O)c(O)c1O)c1c(O)cc(O)cc1O.O=C(c1ccccc1O)c1c(O)c(O)cc(O)c1O.O=C(c1ccccc1O)c1c(O)cc(O)c(O)c1O.O=C(c1ccccc1O)c1cc(O)c(O)c(O)c1O. The Bertz CT molecular complexity index is 5910. The average molecular weight is 1620 g/mol. The van der Waals surface area contributed by atoms with E-state index in [1.807, 2.05) is 0 Å². The van der Waals surface area contributed by atoms with E-state index in [2.05, 4.69) is 0 Å². The molecular weight excluding hydrogens is 1560 g/mol. The van der Waals surface area contributed by atoms with E-state index in [0.717, 1.165) is 84.9 Å². The van der Waals surface area contributed by atoms with Gasteiger partial charge in [-0.1, -0.05) is 36.4 Å². The highest BCUT2D eigenvalue weighted by Gasteiger charge is 2.31. The normalized spacial score (nSPS) is 10.4.